The number of hydrogen-bond acceptors (Lipinski definition) is 6. The van der Waals surface area contributed by atoms with Crippen LogP contribution in [0.1, 0.15) is 111 Å². The summed E-state index contributed by atoms with van der Waals surface area (Å²) in [6.45, 7) is 17.1. The van der Waals surface area contributed by atoms with Gasteiger partial charge in [0.05, 0.1) is 0 Å². The van der Waals surface area contributed by atoms with Gasteiger partial charge in [0.2, 0.25) is 0 Å². The molecule has 4 rings (SSSR count). The second kappa shape index (κ2) is 18.9. The number of nitrogens with one attached hydrogen (secondary N) is 2. The lowest BCUT2D eigenvalue weighted by atomic mass is 9.89. The van der Waals surface area contributed by atoms with Crippen molar-refractivity contribution in [3.8, 4) is 0 Å². The lowest BCUT2D eigenvalue weighted by Gasteiger charge is -2.33. The van der Waals surface area contributed by atoms with Crippen molar-refractivity contribution in [2.75, 3.05) is 19.6 Å². The van der Waals surface area contributed by atoms with Gasteiger partial charge >= 0.3 is 18.3 Å². The number of carbonyl (C=O) groups is 3. The van der Waals surface area contributed by atoms with Crippen LogP contribution in [-0.2, 0) is 27.4 Å². The minimum atomic E-state index is -0.491. The summed E-state index contributed by atoms with van der Waals surface area (Å²) in [7, 11) is 0. The molecule has 1 aliphatic heterocycles. The predicted octanol–water partition coefficient (Wildman–Crippen LogP) is 9.25. The minimum absolute atomic E-state index is 0.213. The molecule has 9 nitrogen and oxygen atoms in total. The first-order chi connectivity index (χ1) is 23.1. The molecule has 1 saturated carbocycles. The number of benzene rings is 2. The van der Waals surface area contributed by atoms with Gasteiger partial charge in [-0.15, -0.1) is 0 Å². The summed E-state index contributed by atoms with van der Waals surface area (Å²) in [4.78, 5) is 37.7. The predicted molar refractivity (Wildman–Crippen MR) is 194 cm³/mol. The van der Waals surface area contributed by atoms with Crippen molar-refractivity contribution < 1.29 is 28.6 Å². The Labute approximate surface area is 294 Å². The van der Waals surface area contributed by atoms with Gasteiger partial charge in [-0.2, -0.15) is 0 Å². The standard InChI is InChI=1S/C22H34N2O4.C18H27NO2/c1-21(2,3)28-20(26)24-15-18(14-22(24,4)5)12-9-13-23-19(25)27-16-17-10-7-6-8-11-17;1-18(2)11-10-15(13-18)9-6-12-19-17(20)21-14-16-7-4-3-5-8-16/h6-8,10-11,18H,9,12-16H2,1-5H3,(H,23,25);3-5,7-8,15H,6,9-14H2,1-2H3,(H,19,20)/t18-;15-/m10/s1. The molecule has 1 saturated heterocycles. The number of hydrogen-bond donors (Lipinski definition) is 2. The van der Waals surface area contributed by atoms with Crippen LogP contribution >= 0.6 is 0 Å². The number of ether oxygens (including phenoxy) is 3. The van der Waals surface area contributed by atoms with E-state index < -0.39 is 11.7 Å². The van der Waals surface area contributed by atoms with Crippen LogP contribution in [-0.4, -0.2) is 54.0 Å². The molecule has 1 heterocycles. The van der Waals surface area contributed by atoms with Gasteiger partial charge in [-0.25, -0.2) is 14.4 Å². The molecule has 2 atom stereocenters. The molecule has 9 heteroatoms. The van der Waals surface area contributed by atoms with Crippen LogP contribution in [0.3, 0.4) is 0 Å². The smallest absolute Gasteiger partial charge is 0.410 e. The van der Waals surface area contributed by atoms with E-state index in [0.717, 1.165) is 42.7 Å². The Bertz CT molecular complexity index is 1290. The lowest BCUT2D eigenvalue weighted by Crippen LogP contribution is -2.45. The largest absolute Gasteiger partial charge is 0.445 e. The van der Waals surface area contributed by atoms with Gasteiger partial charge in [-0.1, -0.05) is 74.5 Å². The molecule has 3 amide bonds. The average Bonchev–Trinajstić information content (AvgIpc) is 3.56. The second-order valence-electron chi connectivity index (χ2n) is 16.0. The zero-order chi connectivity index (χ0) is 35.9. The fourth-order valence-electron chi connectivity index (χ4n) is 6.76. The number of amides is 3. The number of carbonyl (C=O) groups excluding carboxylic acids is 3. The second-order valence-corrected chi connectivity index (χ2v) is 16.0. The van der Waals surface area contributed by atoms with Crippen LogP contribution in [0.5, 0.6) is 0 Å². The normalized spacial score (nSPS) is 19.3. The number of alkyl carbamates (subject to hydrolysis) is 2. The van der Waals surface area contributed by atoms with Crippen LogP contribution in [0.25, 0.3) is 0 Å². The molecule has 2 N–H and O–H groups in total. The Morgan fingerprint density at radius 1 is 0.755 bits per heavy atom. The van der Waals surface area contributed by atoms with Crippen LogP contribution in [0.4, 0.5) is 14.4 Å². The summed E-state index contributed by atoms with van der Waals surface area (Å²) >= 11 is 0. The summed E-state index contributed by atoms with van der Waals surface area (Å²) in [6.07, 6.45) is 8.03. The molecule has 272 valence electrons. The highest BCUT2D eigenvalue weighted by molar-refractivity contribution is 5.69. The molecule has 49 heavy (non-hydrogen) atoms. The van der Waals surface area contributed by atoms with E-state index >= 15 is 0 Å². The zero-order valence-electron chi connectivity index (χ0n) is 31.0. The van der Waals surface area contributed by atoms with Crippen molar-refractivity contribution in [1.82, 2.24) is 15.5 Å². The highest BCUT2D eigenvalue weighted by Crippen LogP contribution is 2.42. The van der Waals surface area contributed by atoms with E-state index in [1.165, 1.54) is 25.7 Å². The molecule has 0 bridgehead atoms. The molecule has 0 unspecified atom stereocenters. The third-order valence-corrected chi connectivity index (χ3v) is 9.19. The maximum atomic E-state index is 12.5. The Morgan fingerprint density at radius 2 is 1.24 bits per heavy atom. The van der Waals surface area contributed by atoms with Crippen LogP contribution in [0.15, 0.2) is 60.7 Å². The van der Waals surface area contributed by atoms with E-state index in [9.17, 15) is 14.4 Å². The molecule has 2 fully saturated rings. The monoisotopic (exact) mass is 679 g/mol. The lowest BCUT2D eigenvalue weighted by molar-refractivity contribution is 0.0130. The van der Waals surface area contributed by atoms with Gasteiger partial charge in [-0.3, -0.25) is 0 Å². The highest BCUT2D eigenvalue weighted by Gasteiger charge is 2.42. The van der Waals surface area contributed by atoms with E-state index in [0.29, 0.717) is 37.6 Å². The first-order valence-electron chi connectivity index (χ1n) is 18.0. The Morgan fingerprint density at radius 3 is 1.69 bits per heavy atom. The summed E-state index contributed by atoms with van der Waals surface area (Å²) in [5.41, 5.74) is 1.80. The van der Waals surface area contributed by atoms with Crippen molar-refractivity contribution in [2.24, 2.45) is 17.3 Å². The van der Waals surface area contributed by atoms with Gasteiger partial charge < -0.3 is 29.7 Å². The van der Waals surface area contributed by atoms with Gasteiger partial charge in [-0.05, 0) is 114 Å². The molecule has 1 aliphatic carbocycles. The first kappa shape index (κ1) is 39.7. The van der Waals surface area contributed by atoms with Crippen LogP contribution in [0.2, 0.25) is 0 Å². The fraction of sp³-hybridized carbons (Fsp3) is 0.625. The van der Waals surface area contributed by atoms with Gasteiger partial charge in [0.15, 0.2) is 0 Å². The van der Waals surface area contributed by atoms with E-state index in [1.807, 2.05) is 86.3 Å². The Balaban J connectivity index is 0.000000276. The topological polar surface area (TPSA) is 106 Å². The maximum Gasteiger partial charge on any atom is 0.410 e. The summed E-state index contributed by atoms with van der Waals surface area (Å²) in [6, 6.07) is 19.4. The first-order valence-corrected chi connectivity index (χ1v) is 18.0. The third-order valence-electron chi connectivity index (χ3n) is 9.19. The zero-order valence-corrected chi connectivity index (χ0v) is 31.0. The SMILES string of the molecule is CC(C)(C)OC(=O)N1C[C@H](CCCNC(=O)OCc2ccccc2)CC1(C)C.CC1(C)CC[C@H](CCCNC(=O)OCc2ccccc2)C1. The van der Waals surface area contributed by atoms with Crippen molar-refractivity contribution in [2.45, 2.75) is 124 Å². The molecule has 0 spiro atoms. The molecule has 2 aromatic carbocycles. The maximum absolute atomic E-state index is 12.5. The molecule has 2 aromatic rings. The van der Waals surface area contributed by atoms with Crippen LogP contribution < -0.4 is 10.6 Å². The van der Waals surface area contributed by atoms with Gasteiger partial charge in [0.1, 0.15) is 18.8 Å². The van der Waals surface area contributed by atoms with Crippen molar-refractivity contribution in [3.63, 3.8) is 0 Å². The fourth-order valence-corrected chi connectivity index (χ4v) is 6.76. The molecular weight excluding hydrogens is 618 g/mol. The molecular formula is C40H61N3O6. The molecule has 2 aliphatic rings. The van der Waals surface area contributed by atoms with Gasteiger partial charge in [0.25, 0.3) is 0 Å². The highest BCUT2D eigenvalue weighted by atomic mass is 16.6. The Kier molecular flexibility index (Phi) is 15.3. The quantitative estimate of drug-likeness (QED) is 0.171. The third kappa shape index (κ3) is 15.6. The van der Waals surface area contributed by atoms with Crippen molar-refractivity contribution in [3.05, 3.63) is 71.8 Å². The van der Waals surface area contributed by atoms with Gasteiger partial charge in [0, 0.05) is 25.2 Å². The number of likely N-dealkylation sites (tertiary alicyclic amines) is 1. The van der Waals surface area contributed by atoms with Crippen molar-refractivity contribution in [1.29, 1.82) is 0 Å². The number of nitrogens with zero attached hydrogens (tertiary/aromatic N) is 1. The Hall–Kier alpha value is -3.75. The minimum Gasteiger partial charge on any atom is -0.445 e. The van der Waals surface area contributed by atoms with E-state index in [1.54, 1.807) is 0 Å². The molecule has 0 aromatic heterocycles. The summed E-state index contributed by atoms with van der Waals surface area (Å²) in [5.74, 6) is 1.24. The average molecular weight is 680 g/mol. The van der Waals surface area contributed by atoms with Crippen molar-refractivity contribution >= 4 is 18.3 Å². The summed E-state index contributed by atoms with van der Waals surface area (Å²) < 4.78 is 15.9. The van der Waals surface area contributed by atoms with E-state index in [2.05, 4.69) is 38.3 Å². The van der Waals surface area contributed by atoms with E-state index in [-0.39, 0.29) is 24.3 Å². The molecule has 0 radical (unpaired) electrons. The summed E-state index contributed by atoms with van der Waals surface area (Å²) in [5, 5.41) is 5.63. The van der Waals surface area contributed by atoms with Crippen LogP contribution in [0, 0.1) is 17.3 Å². The number of rotatable bonds is 12. The van der Waals surface area contributed by atoms with E-state index in [4.69, 9.17) is 14.2 Å².